The number of hydrogen-bond acceptors (Lipinski definition) is 2. The molecule has 0 amide bonds. The summed E-state index contributed by atoms with van der Waals surface area (Å²) in [5.74, 6) is -0.756. The van der Waals surface area contributed by atoms with Crippen molar-refractivity contribution in [1.82, 2.24) is 0 Å². The molecule has 0 saturated heterocycles. The van der Waals surface area contributed by atoms with Gasteiger partial charge in [0.05, 0.1) is 12.7 Å². The number of rotatable bonds is 3. The fourth-order valence-corrected chi connectivity index (χ4v) is 2.48. The van der Waals surface area contributed by atoms with Crippen molar-refractivity contribution in [3.8, 4) is 0 Å². The molecule has 0 unspecified atom stereocenters. The number of para-hydroxylation sites is 1. The van der Waals surface area contributed by atoms with E-state index in [1.807, 2.05) is 69.3 Å². The van der Waals surface area contributed by atoms with Gasteiger partial charge in [-0.25, -0.2) is 0 Å². The summed E-state index contributed by atoms with van der Waals surface area (Å²) in [6.45, 7) is 5.93. The third kappa shape index (κ3) is 5.41. The van der Waals surface area contributed by atoms with E-state index in [4.69, 9.17) is 9.52 Å². The Morgan fingerprint density at radius 3 is 2.21 bits per heavy atom. The topological polar surface area (TPSA) is 50.4 Å². The van der Waals surface area contributed by atoms with Crippen LogP contribution < -0.4 is 0 Å². The first-order valence-corrected chi connectivity index (χ1v) is 7.60. The summed E-state index contributed by atoms with van der Waals surface area (Å²) in [6, 6.07) is 17.7. The molecular weight excluding hydrogens is 407 g/mol. The average Bonchev–Trinajstić information content (AvgIpc) is 2.90. The number of fused-ring (bicyclic) bond motifs is 1. The van der Waals surface area contributed by atoms with Crippen LogP contribution in [0.1, 0.15) is 31.4 Å². The van der Waals surface area contributed by atoms with Crippen molar-refractivity contribution < 1.29 is 14.3 Å². The van der Waals surface area contributed by atoms with Gasteiger partial charge in [-0.05, 0) is 24.1 Å². The smallest absolute Gasteiger partial charge is 0.304 e. The third-order valence-electron chi connectivity index (χ3n) is 3.82. The van der Waals surface area contributed by atoms with Gasteiger partial charge in [-0.15, -0.1) is 0 Å². The molecule has 0 spiro atoms. The van der Waals surface area contributed by atoms with Crippen LogP contribution in [0.25, 0.3) is 11.0 Å². The van der Waals surface area contributed by atoms with E-state index in [9.17, 15) is 4.79 Å². The normalized spacial score (nSPS) is 10.5. The molecule has 3 rings (SSSR count). The van der Waals surface area contributed by atoms with Crippen LogP contribution in [0.15, 0.2) is 65.3 Å². The number of hydrogen-bond donors (Lipinski definition) is 1. The largest absolute Gasteiger partial charge is 0.481 e. The number of carbonyl (C=O) groups is 1. The Hall–Kier alpha value is -1.75. The number of carboxylic acid groups (broad SMARTS) is 1. The summed E-state index contributed by atoms with van der Waals surface area (Å²) in [5, 5.41) is 9.92. The summed E-state index contributed by atoms with van der Waals surface area (Å²) in [5.41, 5.74) is 2.96. The molecule has 0 aliphatic carbocycles. The molecule has 4 radical (unpaired) electrons. The maximum absolute atomic E-state index is 10.6. The predicted octanol–water partition coefficient (Wildman–Crippen LogP) is 4.80. The zero-order valence-corrected chi connectivity index (χ0v) is 17.1. The van der Waals surface area contributed by atoms with Crippen LogP contribution >= 0.6 is 0 Å². The molecule has 124 valence electrons. The average molecular weight is 429 g/mol. The zero-order valence-electron chi connectivity index (χ0n) is 14.2. The van der Waals surface area contributed by atoms with Crippen LogP contribution in [0.5, 0.6) is 0 Å². The van der Waals surface area contributed by atoms with Crippen LogP contribution in [-0.2, 0) is 10.2 Å². The van der Waals surface area contributed by atoms with E-state index in [1.165, 1.54) is 10.9 Å². The van der Waals surface area contributed by atoms with Gasteiger partial charge in [0.2, 0.25) is 0 Å². The number of aliphatic carboxylic acids is 1. The first-order chi connectivity index (χ1) is 10.9. The monoisotopic (exact) mass is 430 g/mol. The van der Waals surface area contributed by atoms with Crippen molar-refractivity contribution in [3.63, 3.8) is 0 Å². The Balaban J connectivity index is 0.000000236. The van der Waals surface area contributed by atoms with Gasteiger partial charge in [0.15, 0.2) is 0 Å². The van der Waals surface area contributed by atoms with Crippen LogP contribution in [0.3, 0.4) is 0 Å². The van der Waals surface area contributed by atoms with Gasteiger partial charge in [-0.2, -0.15) is 0 Å². The van der Waals surface area contributed by atoms with Crippen molar-refractivity contribution in [2.24, 2.45) is 0 Å². The van der Waals surface area contributed by atoms with Crippen molar-refractivity contribution in [2.45, 2.75) is 32.6 Å². The molecule has 0 fully saturated rings. The molecule has 0 atom stereocenters. The SMILES string of the molecule is CC(C)(CC(=O)O)c1ccccc1.Cc1coc2ccccc12.[Sn]. The molecule has 4 heteroatoms. The molecule has 0 aliphatic rings. The molecule has 1 N–H and O–H groups in total. The van der Waals surface area contributed by atoms with Crippen LogP contribution in [0.4, 0.5) is 0 Å². The fraction of sp³-hybridized carbons (Fsp3) is 0.250. The van der Waals surface area contributed by atoms with Crippen molar-refractivity contribution in [2.75, 3.05) is 0 Å². The minimum absolute atomic E-state index is 0. The molecule has 3 aromatic rings. The number of benzene rings is 2. The fourth-order valence-electron chi connectivity index (χ4n) is 2.48. The van der Waals surface area contributed by atoms with E-state index < -0.39 is 5.97 Å². The molecule has 0 saturated carbocycles. The third-order valence-corrected chi connectivity index (χ3v) is 3.82. The number of furan rings is 1. The van der Waals surface area contributed by atoms with Gasteiger partial charge in [0.1, 0.15) is 5.58 Å². The molecule has 0 aliphatic heterocycles. The second-order valence-corrected chi connectivity index (χ2v) is 6.24. The zero-order chi connectivity index (χ0) is 16.9. The summed E-state index contributed by atoms with van der Waals surface area (Å²) in [6.07, 6.45) is 1.95. The quantitative estimate of drug-likeness (QED) is 0.609. The van der Waals surface area contributed by atoms with Gasteiger partial charge in [0.25, 0.3) is 0 Å². The summed E-state index contributed by atoms with van der Waals surface area (Å²) in [4.78, 5) is 10.6. The Kier molecular flexibility index (Phi) is 7.54. The first kappa shape index (κ1) is 20.3. The molecule has 0 bridgehead atoms. The Morgan fingerprint density at radius 2 is 1.62 bits per heavy atom. The summed E-state index contributed by atoms with van der Waals surface area (Å²) < 4.78 is 5.25. The first-order valence-electron chi connectivity index (χ1n) is 7.60. The maximum Gasteiger partial charge on any atom is 0.304 e. The second kappa shape index (κ2) is 8.92. The second-order valence-electron chi connectivity index (χ2n) is 6.24. The van der Waals surface area contributed by atoms with Crippen LogP contribution in [-0.4, -0.2) is 35.0 Å². The Morgan fingerprint density at radius 1 is 1.04 bits per heavy atom. The molecule has 1 heterocycles. The minimum Gasteiger partial charge on any atom is -0.481 e. The van der Waals surface area contributed by atoms with Crippen molar-refractivity contribution in [1.29, 1.82) is 0 Å². The van der Waals surface area contributed by atoms with Crippen molar-refractivity contribution in [3.05, 3.63) is 72.0 Å². The molecular formula is C20H22O3Sn. The minimum atomic E-state index is -0.756. The van der Waals surface area contributed by atoms with Gasteiger partial charge in [-0.3, -0.25) is 4.79 Å². The van der Waals surface area contributed by atoms with Gasteiger partial charge >= 0.3 is 5.97 Å². The Labute approximate surface area is 159 Å². The molecule has 24 heavy (non-hydrogen) atoms. The van der Waals surface area contributed by atoms with E-state index in [2.05, 4.69) is 6.07 Å². The number of carboxylic acids is 1. The maximum atomic E-state index is 10.6. The van der Waals surface area contributed by atoms with Gasteiger partial charge in [-0.1, -0.05) is 62.4 Å². The van der Waals surface area contributed by atoms with Gasteiger partial charge < -0.3 is 9.52 Å². The van der Waals surface area contributed by atoms with Crippen molar-refractivity contribution >= 4 is 40.8 Å². The summed E-state index contributed by atoms with van der Waals surface area (Å²) >= 11 is 0. The predicted molar refractivity (Wildman–Crippen MR) is 98.4 cm³/mol. The van der Waals surface area contributed by atoms with Crippen LogP contribution in [0.2, 0.25) is 0 Å². The molecule has 2 aromatic carbocycles. The van der Waals surface area contributed by atoms with Gasteiger partial charge in [0, 0.05) is 34.7 Å². The molecule has 3 nitrogen and oxygen atoms in total. The standard InChI is InChI=1S/C11H14O2.C9H8O.Sn/c1-11(2,8-10(12)13)9-6-4-3-5-7-9;1-7-6-10-9-5-3-2-4-8(7)9;/h3-7H,8H2,1-2H3,(H,12,13);2-6H,1H3;. The molecule has 1 aromatic heterocycles. The van der Waals surface area contributed by atoms with E-state index in [0.717, 1.165) is 11.1 Å². The van der Waals surface area contributed by atoms with E-state index in [1.54, 1.807) is 6.26 Å². The van der Waals surface area contributed by atoms with Crippen LogP contribution in [0, 0.1) is 6.92 Å². The summed E-state index contributed by atoms with van der Waals surface area (Å²) in [7, 11) is 0. The number of aryl methyl sites for hydroxylation is 1. The van der Waals surface area contributed by atoms with E-state index >= 15 is 0 Å². The van der Waals surface area contributed by atoms with E-state index in [0.29, 0.717) is 0 Å². The Bertz CT molecular complexity index is 776. The van der Waals surface area contributed by atoms with E-state index in [-0.39, 0.29) is 35.7 Å².